The molecule has 2 N–H and O–H groups in total. The lowest BCUT2D eigenvalue weighted by molar-refractivity contribution is 0.0526. The Morgan fingerprint density at radius 2 is 1.86 bits per heavy atom. The molecule has 1 aromatic heterocycles. The van der Waals surface area contributed by atoms with Crippen molar-refractivity contribution in [2.45, 2.75) is 20.3 Å². The van der Waals surface area contributed by atoms with Gasteiger partial charge in [0.15, 0.2) is 0 Å². The molecule has 0 atom stereocenters. The molecule has 8 nitrogen and oxygen atoms in total. The lowest BCUT2D eigenvalue weighted by atomic mass is 10.2. The van der Waals surface area contributed by atoms with Crippen molar-refractivity contribution in [1.29, 1.82) is 0 Å². The van der Waals surface area contributed by atoms with Crippen LogP contribution in [0.1, 0.15) is 40.0 Å². The number of esters is 1. The van der Waals surface area contributed by atoms with Crippen LogP contribution in [-0.4, -0.2) is 60.5 Å². The van der Waals surface area contributed by atoms with E-state index in [4.69, 9.17) is 4.74 Å². The Hall–Kier alpha value is -3.00. The zero-order valence-corrected chi connectivity index (χ0v) is 16.8. The highest BCUT2D eigenvalue weighted by Crippen LogP contribution is 2.17. The summed E-state index contributed by atoms with van der Waals surface area (Å²) in [6.45, 7) is 5.31. The lowest BCUT2D eigenvalue weighted by Crippen LogP contribution is -2.28. The smallest absolute Gasteiger partial charge is 0.338 e. The Balaban J connectivity index is 2.02. The number of benzene rings is 1. The van der Waals surface area contributed by atoms with Crippen LogP contribution in [0.5, 0.6) is 0 Å². The Kier molecular flexibility index (Phi) is 7.88. The fourth-order valence-electron chi connectivity index (χ4n) is 2.49. The van der Waals surface area contributed by atoms with Gasteiger partial charge in [-0.3, -0.25) is 4.79 Å². The number of aryl methyl sites for hydroxylation is 1. The van der Waals surface area contributed by atoms with Crippen molar-refractivity contribution in [3.05, 3.63) is 47.4 Å². The maximum Gasteiger partial charge on any atom is 0.338 e. The Morgan fingerprint density at radius 3 is 2.50 bits per heavy atom. The normalized spacial score (nSPS) is 10.6. The van der Waals surface area contributed by atoms with Crippen molar-refractivity contribution in [3.8, 4) is 0 Å². The molecule has 1 amide bonds. The monoisotopic (exact) mass is 385 g/mol. The van der Waals surface area contributed by atoms with E-state index in [0.29, 0.717) is 36.1 Å². The van der Waals surface area contributed by atoms with Crippen molar-refractivity contribution in [2.24, 2.45) is 0 Å². The van der Waals surface area contributed by atoms with Gasteiger partial charge in [0.05, 0.1) is 12.2 Å². The number of rotatable bonds is 9. The molecule has 0 aliphatic heterocycles. The molecule has 150 valence electrons. The van der Waals surface area contributed by atoms with Crippen LogP contribution in [0.2, 0.25) is 0 Å². The number of ether oxygens (including phenoxy) is 1. The highest BCUT2D eigenvalue weighted by Gasteiger charge is 2.11. The summed E-state index contributed by atoms with van der Waals surface area (Å²) in [5.41, 5.74) is 1.52. The zero-order chi connectivity index (χ0) is 20.5. The van der Waals surface area contributed by atoms with E-state index in [-0.39, 0.29) is 11.9 Å². The molecule has 1 aromatic carbocycles. The molecule has 2 aromatic rings. The average Bonchev–Trinajstić information content (AvgIpc) is 2.65. The van der Waals surface area contributed by atoms with Gasteiger partial charge in [-0.2, -0.15) is 0 Å². The van der Waals surface area contributed by atoms with Gasteiger partial charge in [-0.05, 0) is 65.2 Å². The van der Waals surface area contributed by atoms with Crippen LogP contribution in [0.15, 0.2) is 30.3 Å². The second-order valence-corrected chi connectivity index (χ2v) is 6.52. The van der Waals surface area contributed by atoms with Crippen LogP contribution in [0.25, 0.3) is 0 Å². The molecule has 0 spiro atoms. The minimum absolute atomic E-state index is 0.232. The molecule has 28 heavy (non-hydrogen) atoms. The van der Waals surface area contributed by atoms with Crippen molar-refractivity contribution in [2.75, 3.05) is 39.1 Å². The van der Waals surface area contributed by atoms with E-state index < -0.39 is 0 Å². The quantitative estimate of drug-likeness (QED) is 0.505. The predicted molar refractivity (Wildman–Crippen MR) is 108 cm³/mol. The third kappa shape index (κ3) is 6.62. The number of hydrogen-bond acceptors (Lipinski definition) is 7. The molecule has 0 saturated carbocycles. The van der Waals surface area contributed by atoms with Crippen molar-refractivity contribution in [1.82, 2.24) is 20.2 Å². The van der Waals surface area contributed by atoms with Crippen LogP contribution in [0, 0.1) is 6.92 Å². The Morgan fingerprint density at radius 1 is 1.14 bits per heavy atom. The molecule has 0 aliphatic carbocycles. The third-order valence-corrected chi connectivity index (χ3v) is 3.81. The van der Waals surface area contributed by atoms with Crippen LogP contribution < -0.4 is 10.6 Å². The minimum Gasteiger partial charge on any atom is -0.462 e. The first-order chi connectivity index (χ1) is 13.4. The first kappa shape index (κ1) is 21.3. The number of carbonyl (C=O) groups excluding carboxylic acids is 2. The molecular weight excluding hydrogens is 358 g/mol. The Bertz CT molecular complexity index is 806. The van der Waals surface area contributed by atoms with E-state index in [0.717, 1.165) is 18.7 Å². The molecule has 0 radical (unpaired) electrons. The summed E-state index contributed by atoms with van der Waals surface area (Å²) in [7, 11) is 3.99. The number of anilines is 2. The van der Waals surface area contributed by atoms with E-state index in [1.807, 2.05) is 14.1 Å². The summed E-state index contributed by atoms with van der Waals surface area (Å²) < 4.78 is 4.97. The van der Waals surface area contributed by atoms with E-state index in [2.05, 4.69) is 25.5 Å². The van der Waals surface area contributed by atoms with E-state index in [1.54, 1.807) is 44.2 Å². The first-order valence-corrected chi connectivity index (χ1v) is 9.22. The largest absolute Gasteiger partial charge is 0.462 e. The van der Waals surface area contributed by atoms with E-state index >= 15 is 0 Å². The summed E-state index contributed by atoms with van der Waals surface area (Å²) in [6.07, 6.45) is 0.862. The fourth-order valence-corrected chi connectivity index (χ4v) is 2.49. The van der Waals surface area contributed by atoms with Gasteiger partial charge < -0.3 is 20.3 Å². The minimum atomic E-state index is -0.361. The highest BCUT2D eigenvalue weighted by atomic mass is 16.5. The molecule has 2 rings (SSSR count). The van der Waals surface area contributed by atoms with Gasteiger partial charge in [-0.1, -0.05) is 0 Å². The highest BCUT2D eigenvalue weighted by molar-refractivity contribution is 5.93. The Labute approximate surface area is 165 Å². The number of amides is 1. The molecule has 0 fully saturated rings. The molecular formula is C20H27N5O3. The van der Waals surface area contributed by atoms with Gasteiger partial charge in [0.25, 0.3) is 5.91 Å². The van der Waals surface area contributed by atoms with E-state index in [9.17, 15) is 9.59 Å². The van der Waals surface area contributed by atoms with E-state index in [1.165, 1.54) is 0 Å². The first-order valence-electron chi connectivity index (χ1n) is 9.22. The molecule has 1 heterocycles. The van der Waals surface area contributed by atoms with Gasteiger partial charge in [0.1, 0.15) is 17.3 Å². The number of carbonyl (C=O) groups is 2. The number of aromatic nitrogens is 2. The number of nitrogens with one attached hydrogen (secondary N) is 2. The summed E-state index contributed by atoms with van der Waals surface area (Å²) in [5, 5.41) is 6.00. The van der Waals surface area contributed by atoms with Gasteiger partial charge in [0.2, 0.25) is 0 Å². The second kappa shape index (κ2) is 10.4. The predicted octanol–water partition coefficient (Wildman–Crippen LogP) is 2.39. The molecule has 0 unspecified atom stereocenters. The summed E-state index contributed by atoms with van der Waals surface area (Å²) >= 11 is 0. The van der Waals surface area contributed by atoms with Crippen LogP contribution in [-0.2, 0) is 4.74 Å². The number of nitrogens with zero attached hydrogens (tertiary/aromatic N) is 3. The molecule has 8 heteroatoms. The van der Waals surface area contributed by atoms with Crippen molar-refractivity contribution < 1.29 is 14.3 Å². The maximum absolute atomic E-state index is 12.3. The SMILES string of the molecule is CCOC(=O)c1ccc(Nc2cc(C(=O)NCCCN(C)C)nc(C)n2)cc1. The fraction of sp³-hybridized carbons (Fsp3) is 0.400. The molecule has 0 saturated heterocycles. The van der Waals surface area contributed by atoms with Gasteiger partial charge in [-0.25, -0.2) is 14.8 Å². The van der Waals surface area contributed by atoms with Crippen LogP contribution >= 0.6 is 0 Å². The summed E-state index contributed by atoms with van der Waals surface area (Å²) in [6, 6.07) is 8.46. The van der Waals surface area contributed by atoms with Gasteiger partial charge >= 0.3 is 5.97 Å². The number of hydrogen-bond donors (Lipinski definition) is 2. The average molecular weight is 385 g/mol. The zero-order valence-electron chi connectivity index (χ0n) is 16.8. The van der Waals surface area contributed by atoms with Gasteiger partial charge in [0, 0.05) is 18.3 Å². The molecule has 0 bridgehead atoms. The van der Waals surface area contributed by atoms with Gasteiger partial charge in [-0.15, -0.1) is 0 Å². The van der Waals surface area contributed by atoms with Crippen molar-refractivity contribution >= 4 is 23.4 Å². The second-order valence-electron chi connectivity index (χ2n) is 6.52. The maximum atomic E-state index is 12.3. The van der Waals surface area contributed by atoms with Crippen molar-refractivity contribution in [3.63, 3.8) is 0 Å². The standard InChI is InChI=1S/C20H27N5O3/c1-5-28-20(27)15-7-9-16(10-8-15)24-18-13-17(22-14(2)23-18)19(26)21-11-6-12-25(3)4/h7-10,13H,5-6,11-12H2,1-4H3,(H,21,26)(H,22,23,24). The summed E-state index contributed by atoms with van der Waals surface area (Å²) in [4.78, 5) is 34.6. The summed E-state index contributed by atoms with van der Waals surface area (Å²) in [5.74, 6) is 0.409. The topological polar surface area (TPSA) is 96.4 Å². The van der Waals surface area contributed by atoms with Crippen LogP contribution in [0.3, 0.4) is 0 Å². The van der Waals surface area contributed by atoms with Crippen LogP contribution in [0.4, 0.5) is 11.5 Å². The third-order valence-electron chi connectivity index (χ3n) is 3.81. The molecule has 0 aliphatic rings. The lowest BCUT2D eigenvalue weighted by Gasteiger charge is -2.11.